The van der Waals surface area contributed by atoms with Crippen molar-refractivity contribution in [3.63, 3.8) is 0 Å². The first-order valence-electron chi connectivity index (χ1n) is 14.6. The number of pyridine rings is 1. The predicted octanol–water partition coefficient (Wildman–Crippen LogP) is 5.02. The highest BCUT2D eigenvalue weighted by atomic mass is 19.4. The van der Waals surface area contributed by atoms with Crippen LogP contribution in [0.2, 0.25) is 0 Å². The number of halogens is 3. The van der Waals surface area contributed by atoms with Crippen molar-refractivity contribution in [2.24, 2.45) is 0 Å². The molecule has 2 aliphatic rings. The fourth-order valence-corrected chi connectivity index (χ4v) is 5.89. The van der Waals surface area contributed by atoms with E-state index in [0.717, 1.165) is 65.7 Å². The number of aliphatic hydroxyl groups excluding tert-OH is 1. The second-order valence-electron chi connectivity index (χ2n) is 11.4. The van der Waals surface area contributed by atoms with Gasteiger partial charge in [0.15, 0.2) is 11.6 Å². The third-order valence-corrected chi connectivity index (χ3v) is 8.37. The number of likely N-dealkylation sites (N-methyl/N-ethyl adjacent to an activating group) is 1. The standard InChI is InChI=1S/C31H35F3N8O2/c1-19-27(20-5-9-24(10-6-20)44-39-25-16-21(11-13-36-25)31(32,33)34)28-29(35)37-18-38-30(28)42(19)23-12-15-41(17-23)26(43)4-3-14-40(2)22-7-8-22/h3-6,9-11,13,16,18,22-23,26,43H,7-8,12,14-15,17H2,1-2H3,(H,36,39)(H2,35,37,38)/b4-3+/t23-,26?/m1/s1. The van der Waals surface area contributed by atoms with Crippen molar-refractivity contribution in [1.29, 1.82) is 0 Å². The zero-order chi connectivity index (χ0) is 31.0. The van der Waals surface area contributed by atoms with Gasteiger partial charge < -0.3 is 20.2 Å². The Hall–Kier alpha value is -4.20. The molecule has 1 aliphatic heterocycles. The fourth-order valence-electron chi connectivity index (χ4n) is 5.89. The molecule has 1 aliphatic carbocycles. The summed E-state index contributed by atoms with van der Waals surface area (Å²) in [6.45, 7) is 4.24. The molecule has 4 heterocycles. The minimum absolute atomic E-state index is 0.0652. The quantitative estimate of drug-likeness (QED) is 0.168. The number of nitrogens with zero attached hydrogens (tertiary/aromatic N) is 6. The number of aliphatic hydroxyl groups is 1. The van der Waals surface area contributed by atoms with Gasteiger partial charge in [-0.15, -0.1) is 0 Å². The molecular weight excluding hydrogens is 573 g/mol. The topological polar surface area (TPSA) is 118 Å². The molecule has 0 radical (unpaired) electrons. The first-order chi connectivity index (χ1) is 21.1. The van der Waals surface area contributed by atoms with Crippen molar-refractivity contribution < 1.29 is 23.1 Å². The second kappa shape index (κ2) is 12.1. The fraction of sp³-hybridized carbons (Fsp3) is 0.387. The Balaban J connectivity index is 1.19. The summed E-state index contributed by atoms with van der Waals surface area (Å²) in [6.07, 6.45) is 4.62. The maximum Gasteiger partial charge on any atom is 0.416 e. The third-order valence-electron chi connectivity index (χ3n) is 8.37. The molecule has 44 heavy (non-hydrogen) atoms. The van der Waals surface area contributed by atoms with Crippen LogP contribution in [0.15, 0.2) is 61.1 Å². The highest BCUT2D eigenvalue weighted by Crippen LogP contribution is 2.40. The van der Waals surface area contributed by atoms with Crippen molar-refractivity contribution in [2.45, 2.75) is 50.7 Å². The van der Waals surface area contributed by atoms with Gasteiger partial charge in [0, 0.05) is 49.2 Å². The van der Waals surface area contributed by atoms with E-state index in [4.69, 9.17) is 10.6 Å². The summed E-state index contributed by atoms with van der Waals surface area (Å²) in [5.41, 5.74) is 11.5. The smallest absolute Gasteiger partial charge is 0.383 e. The van der Waals surface area contributed by atoms with E-state index >= 15 is 0 Å². The molecule has 232 valence electrons. The molecule has 1 saturated heterocycles. The molecule has 3 aromatic heterocycles. The van der Waals surface area contributed by atoms with E-state index in [1.54, 1.807) is 12.1 Å². The van der Waals surface area contributed by atoms with Crippen LogP contribution in [0.1, 0.15) is 36.6 Å². The SMILES string of the molecule is Cc1c(-c2ccc(ONc3cc(C(F)(F)F)ccn3)cc2)c2c(N)ncnc2n1[C@@H]1CCN(C(O)/C=C/CN(C)C2CC2)C1. The van der Waals surface area contributed by atoms with Gasteiger partial charge in [-0.1, -0.05) is 18.2 Å². The number of nitrogen functional groups attached to an aromatic ring is 1. The van der Waals surface area contributed by atoms with E-state index < -0.39 is 18.0 Å². The number of benzene rings is 1. The molecule has 10 nitrogen and oxygen atoms in total. The number of likely N-dealkylation sites (tertiary alicyclic amines) is 1. The molecule has 1 unspecified atom stereocenters. The lowest BCUT2D eigenvalue weighted by molar-refractivity contribution is -0.137. The molecule has 4 N–H and O–H groups in total. The zero-order valence-corrected chi connectivity index (χ0v) is 24.5. The number of fused-ring (bicyclic) bond motifs is 1. The van der Waals surface area contributed by atoms with Crippen LogP contribution in [0.25, 0.3) is 22.2 Å². The lowest BCUT2D eigenvalue weighted by atomic mass is 10.0. The number of alkyl halides is 3. The summed E-state index contributed by atoms with van der Waals surface area (Å²) in [6, 6.07) is 9.63. The average Bonchev–Trinajstić information content (AvgIpc) is 3.67. The Bertz CT molecular complexity index is 1650. The lowest BCUT2D eigenvalue weighted by Gasteiger charge is -2.22. The van der Waals surface area contributed by atoms with E-state index in [9.17, 15) is 18.3 Å². The summed E-state index contributed by atoms with van der Waals surface area (Å²) in [4.78, 5) is 22.6. The minimum atomic E-state index is -4.48. The number of hydrogen-bond donors (Lipinski definition) is 3. The Morgan fingerprint density at radius 2 is 1.93 bits per heavy atom. The van der Waals surface area contributed by atoms with Crippen molar-refractivity contribution in [1.82, 2.24) is 29.3 Å². The summed E-state index contributed by atoms with van der Waals surface area (Å²) in [5, 5.41) is 11.6. The number of hydrogen-bond acceptors (Lipinski definition) is 9. The van der Waals surface area contributed by atoms with Gasteiger partial charge in [-0.05, 0) is 69.1 Å². The highest BCUT2D eigenvalue weighted by Gasteiger charge is 2.32. The van der Waals surface area contributed by atoms with E-state index in [1.807, 2.05) is 31.2 Å². The molecule has 13 heteroatoms. The summed E-state index contributed by atoms with van der Waals surface area (Å²) in [7, 11) is 2.11. The largest absolute Gasteiger partial charge is 0.416 e. The van der Waals surface area contributed by atoms with Gasteiger partial charge in [0.05, 0.1) is 10.9 Å². The van der Waals surface area contributed by atoms with Gasteiger partial charge >= 0.3 is 6.18 Å². The molecule has 1 aromatic carbocycles. The predicted molar refractivity (Wildman–Crippen MR) is 162 cm³/mol. The number of rotatable bonds is 10. The van der Waals surface area contributed by atoms with Crippen LogP contribution in [0, 0.1) is 6.92 Å². The van der Waals surface area contributed by atoms with Crippen LogP contribution in [0.5, 0.6) is 5.75 Å². The van der Waals surface area contributed by atoms with Crippen LogP contribution in [0.3, 0.4) is 0 Å². The van der Waals surface area contributed by atoms with E-state index in [-0.39, 0.29) is 11.9 Å². The number of aromatic nitrogens is 4. The second-order valence-corrected chi connectivity index (χ2v) is 11.4. The van der Waals surface area contributed by atoms with Crippen LogP contribution in [-0.4, -0.2) is 73.4 Å². The van der Waals surface area contributed by atoms with Gasteiger partial charge in [0.25, 0.3) is 0 Å². The first-order valence-corrected chi connectivity index (χ1v) is 14.6. The molecule has 2 atom stereocenters. The molecule has 4 aromatic rings. The van der Waals surface area contributed by atoms with Crippen LogP contribution in [0.4, 0.5) is 24.8 Å². The molecule has 2 fully saturated rings. The first kappa shape index (κ1) is 29.9. The molecular formula is C31H35F3N8O2. The number of nitrogens with one attached hydrogen (secondary N) is 1. The highest BCUT2D eigenvalue weighted by molar-refractivity contribution is 6.02. The molecule has 0 bridgehead atoms. The van der Waals surface area contributed by atoms with Crippen molar-refractivity contribution in [2.75, 3.05) is 37.9 Å². The van der Waals surface area contributed by atoms with Crippen molar-refractivity contribution >= 4 is 22.7 Å². The van der Waals surface area contributed by atoms with Crippen LogP contribution in [-0.2, 0) is 6.18 Å². The van der Waals surface area contributed by atoms with E-state index in [2.05, 4.69) is 41.8 Å². The number of anilines is 2. The van der Waals surface area contributed by atoms with Gasteiger partial charge in [-0.25, -0.2) is 20.4 Å². The Kier molecular flexibility index (Phi) is 8.18. The lowest BCUT2D eigenvalue weighted by Crippen LogP contribution is -2.32. The summed E-state index contributed by atoms with van der Waals surface area (Å²) in [5.74, 6) is 0.682. The molecule has 1 saturated carbocycles. The maximum atomic E-state index is 13.0. The maximum absolute atomic E-state index is 13.0. The Morgan fingerprint density at radius 3 is 2.66 bits per heavy atom. The molecule has 6 rings (SSSR count). The van der Waals surface area contributed by atoms with Crippen LogP contribution < -0.4 is 16.1 Å². The van der Waals surface area contributed by atoms with Crippen molar-refractivity contribution in [3.05, 3.63) is 72.3 Å². The molecule has 0 amide bonds. The van der Waals surface area contributed by atoms with Gasteiger partial charge in [-0.3, -0.25) is 9.80 Å². The van der Waals surface area contributed by atoms with Gasteiger partial charge in [0.2, 0.25) is 0 Å². The Morgan fingerprint density at radius 1 is 1.16 bits per heavy atom. The zero-order valence-electron chi connectivity index (χ0n) is 24.5. The van der Waals surface area contributed by atoms with Gasteiger partial charge in [0.1, 0.15) is 24.0 Å². The summed E-state index contributed by atoms with van der Waals surface area (Å²) < 4.78 is 41.3. The average molecular weight is 609 g/mol. The van der Waals surface area contributed by atoms with Crippen LogP contribution >= 0.6 is 0 Å². The number of nitrogens with two attached hydrogens (primary N) is 1. The monoisotopic (exact) mass is 608 g/mol. The van der Waals surface area contributed by atoms with Gasteiger partial charge in [-0.2, -0.15) is 13.2 Å². The summed E-state index contributed by atoms with van der Waals surface area (Å²) >= 11 is 0. The van der Waals surface area contributed by atoms with E-state index in [1.165, 1.54) is 19.2 Å². The third kappa shape index (κ3) is 6.21. The van der Waals surface area contributed by atoms with E-state index in [0.29, 0.717) is 24.2 Å². The molecule has 0 spiro atoms. The Labute approximate surface area is 252 Å². The minimum Gasteiger partial charge on any atom is -0.383 e. The van der Waals surface area contributed by atoms with Crippen molar-refractivity contribution in [3.8, 4) is 16.9 Å². The normalized spacial score (nSPS) is 18.5.